The van der Waals surface area contributed by atoms with Crippen molar-refractivity contribution in [1.29, 1.82) is 0 Å². The molecule has 0 saturated carbocycles. The molecule has 0 aliphatic heterocycles. The lowest BCUT2D eigenvalue weighted by Crippen LogP contribution is -2.19. The third-order valence-corrected chi connectivity index (χ3v) is 6.54. The van der Waals surface area contributed by atoms with E-state index in [0.717, 1.165) is 21.8 Å². The molecular formula is C26H21FN4OS. The van der Waals surface area contributed by atoms with Crippen LogP contribution in [0, 0.1) is 19.7 Å². The topological polar surface area (TPSA) is 63.0 Å². The summed E-state index contributed by atoms with van der Waals surface area (Å²) >= 11 is 1.67. The van der Waals surface area contributed by atoms with Crippen molar-refractivity contribution in [3.8, 4) is 16.3 Å². The summed E-state index contributed by atoms with van der Waals surface area (Å²) in [5, 5.41) is 4.02. The summed E-state index contributed by atoms with van der Waals surface area (Å²) in [5.74, 6) is -0.350. The smallest absolute Gasteiger partial charge is 0.280 e. The van der Waals surface area contributed by atoms with Crippen molar-refractivity contribution in [3.05, 3.63) is 99.7 Å². The van der Waals surface area contributed by atoms with Crippen molar-refractivity contribution in [2.75, 3.05) is 0 Å². The van der Waals surface area contributed by atoms with Crippen LogP contribution < -0.4 is 5.56 Å². The third kappa shape index (κ3) is 4.03. The van der Waals surface area contributed by atoms with Crippen molar-refractivity contribution in [3.63, 3.8) is 0 Å². The number of benzene rings is 3. The first-order chi connectivity index (χ1) is 15.9. The van der Waals surface area contributed by atoms with Crippen LogP contribution in [0.1, 0.15) is 23.7 Å². The van der Waals surface area contributed by atoms with Gasteiger partial charge in [-0.1, -0.05) is 6.07 Å². The molecule has 5 aromatic rings. The van der Waals surface area contributed by atoms with Crippen LogP contribution in [0.3, 0.4) is 0 Å². The molecule has 2 heterocycles. The van der Waals surface area contributed by atoms with E-state index in [1.165, 1.54) is 27.1 Å². The number of nitrogens with one attached hydrogen (secondary N) is 1. The average Bonchev–Trinajstić information content (AvgIpc) is 3.34. The molecule has 0 spiro atoms. The maximum Gasteiger partial charge on any atom is 0.280 e. The Kier molecular flexibility index (Phi) is 5.26. The van der Waals surface area contributed by atoms with Gasteiger partial charge in [-0.2, -0.15) is 0 Å². The number of hydrogen-bond acceptors (Lipinski definition) is 4. The lowest BCUT2D eigenvalue weighted by Gasteiger charge is -2.01. The van der Waals surface area contributed by atoms with Gasteiger partial charge in [0.25, 0.3) is 5.56 Å². The molecule has 1 N–H and O–H groups in total. The van der Waals surface area contributed by atoms with E-state index in [9.17, 15) is 9.18 Å². The minimum atomic E-state index is -0.350. The summed E-state index contributed by atoms with van der Waals surface area (Å²) in [6.07, 6.45) is 0. The molecule has 0 fully saturated rings. The summed E-state index contributed by atoms with van der Waals surface area (Å²) in [4.78, 5) is 22.4. The number of aromatic nitrogens is 3. The molecule has 5 nitrogen and oxygen atoms in total. The molecule has 0 radical (unpaired) electrons. The molecule has 33 heavy (non-hydrogen) atoms. The zero-order valence-corrected chi connectivity index (χ0v) is 19.2. The molecule has 2 aromatic heterocycles. The quantitative estimate of drug-likeness (QED) is 0.321. The van der Waals surface area contributed by atoms with Gasteiger partial charge >= 0.3 is 0 Å². The first kappa shape index (κ1) is 21.0. The molecule has 0 unspecified atom stereocenters. The molecule has 164 valence electrons. The molecule has 3 aromatic carbocycles. The van der Waals surface area contributed by atoms with Crippen LogP contribution >= 0.6 is 11.3 Å². The number of rotatable bonds is 4. The van der Waals surface area contributed by atoms with E-state index >= 15 is 0 Å². The van der Waals surface area contributed by atoms with Gasteiger partial charge in [0.15, 0.2) is 0 Å². The fourth-order valence-electron chi connectivity index (χ4n) is 3.83. The third-order valence-electron chi connectivity index (χ3n) is 5.47. The number of aliphatic imine (C=N–C) groups is 1. The van der Waals surface area contributed by atoms with Gasteiger partial charge in [0, 0.05) is 11.3 Å². The second-order valence-corrected chi connectivity index (χ2v) is 8.99. The van der Waals surface area contributed by atoms with Crippen LogP contribution in [-0.4, -0.2) is 20.5 Å². The summed E-state index contributed by atoms with van der Waals surface area (Å²) in [5.41, 5.74) is 6.16. The number of thiazole rings is 1. The first-order valence-electron chi connectivity index (χ1n) is 10.5. The number of nitrogens with zero attached hydrogens (tertiary/aromatic N) is 3. The van der Waals surface area contributed by atoms with Crippen molar-refractivity contribution in [2.45, 2.75) is 20.8 Å². The van der Waals surface area contributed by atoms with Crippen molar-refractivity contribution >= 4 is 33.0 Å². The van der Waals surface area contributed by atoms with Gasteiger partial charge in [-0.15, -0.1) is 11.3 Å². The van der Waals surface area contributed by atoms with Gasteiger partial charge in [-0.05, 0) is 87.0 Å². The highest BCUT2D eigenvalue weighted by molar-refractivity contribution is 7.21. The number of hydrogen-bond donors (Lipinski definition) is 1. The fourth-order valence-corrected chi connectivity index (χ4v) is 4.90. The predicted molar refractivity (Wildman–Crippen MR) is 133 cm³/mol. The highest BCUT2D eigenvalue weighted by Gasteiger charge is 2.15. The molecule has 7 heteroatoms. The SMILES string of the molecule is CC(=Nc1ccc(-c2nc3ccc(C)cc3s2)cc1)c1c(C)[nH]n(-c2ccc(F)cc2)c1=O. The summed E-state index contributed by atoms with van der Waals surface area (Å²) in [7, 11) is 0. The molecular weight excluding hydrogens is 435 g/mol. The van der Waals surface area contributed by atoms with Gasteiger partial charge in [0.1, 0.15) is 10.8 Å². The summed E-state index contributed by atoms with van der Waals surface area (Å²) in [6.45, 7) is 5.72. The number of halogens is 1. The van der Waals surface area contributed by atoms with E-state index < -0.39 is 0 Å². The molecule has 0 amide bonds. The lowest BCUT2D eigenvalue weighted by molar-refractivity contribution is 0.627. The lowest BCUT2D eigenvalue weighted by atomic mass is 10.1. The van der Waals surface area contributed by atoms with Crippen molar-refractivity contribution < 1.29 is 4.39 Å². The Morgan fingerprint density at radius 1 is 1.03 bits per heavy atom. The van der Waals surface area contributed by atoms with Gasteiger partial charge in [0.05, 0.1) is 32.9 Å². The van der Waals surface area contributed by atoms with Gasteiger partial charge in [0.2, 0.25) is 0 Å². The van der Waals surface area contributed by atoms with Crippen LogP contribution in [-0.2, 0) is 0 Å². The number of H-pyrrole nitrogens is 1. The van der Waals surface area contributed by atoms with Crippen LogP contribution in [0.25, 0.3) is 26.5 Å². The number of aryl methyl sites for hydroxylation is 2. The summed E-state index contributed by atoms with van der Waals surface area (Å²) in [6, 6.07) is 19.9. The molecule has 0 aliphatic carbocycles. The highest BCUT2D eigenvalue weighted by atomic mass is 32.1. The summed E-state index contributed by atoms with van der Waals surface area (Å²) < 4.78 is 15.8. The van der Waals surface area contributed by atoms with Gasteiger partial charge in [-0.25, -0.2) is 14.1 Å². The molecule has 5 rings (SSSR count). The fraction of sp³-hybridized carbons (Fsp3) is 0.115. The monoisotopic (exact) mass is 456 g/mol. The largest absolute Gasteiger partial charge is 0.295 e. The van der Waals surface area contributed by atoms with E-state index in [1.54, 1.807) is 23.5 Å². The Morgan fingerprint density at radius 2 is 1.76 bits per heavy atom. The van der Waals surface area contributed by atoms with Crippen LogP contribution in [0.15, 0.2) is 76.5 Å². The highest BCUT2D eigenvalue weighted by Crippen LogP contribution is 2.31. The van der Waals surface area contributed by atoms with Crippen LogP contribution in [0.4, 0.5) is 10.1 Å². The van der Waals surface area contributed by atoms with Crippen molar-refractivity contribution in [1.82, 2.24) is 14.8 Å². The molecule has 0 bridgehead atoms. The Labute approximate surface area is 193 Å². The van der Waals surface area contributed by atoms with E-state index in [0.29, 0.717) is 22.7 Å². The van der Waals surface area contributed by atoms with E-state index in [1.807, 2.05) is 44.2 Å². The first-order valence-corrected chi connectivity index (χ1v) is 11.3. The Bertz CT molecular complexity index is 1560. The maximum atomic E-state index is 13.2. The zero-order chi connectivity index (χ0) is 23.1. The Morgan fingerprint density at radius 3 is 2.48 bits per heavy atom. The average molecular weight is 457 g/mol. The number of fused-ring (bicyclic) bond motifs is 1. The normalized spacial score (nSPS) is 11.9. The standard InChI is InChI=1S/C26H21FN4OS/c1-15-4-13-22-23(14-15)33-25(29-22)18-5-9-20(10-6-18)28-16(2)24-17(3)30-31(26(24)32)21-11-7-19(27)8-12-21/h4-14,30H,1-3H3. The van der Waals surface area contributed by atoms with Gasteiger partial charge in [-0.3, -0.25) is 14.9 Å². The van der Waals surface area contributed by atoms with Gasteiger partial charge < -0.3 is 0 Å². The van der Waals surface area contributed by atoms with E-state index in [4.69, 9.17) is 4.98 Å². The number of aromatic amines is 1. The molecule has 0 atom stereocenters. The molecule has 0 saturated heterocycles. The van der Waals surface area contributed by atoms with Crippen molar-refractivity contribution in [2.24, 2.45) is 4.99 Å². The van der Waals surface area contributed by atoms with Crippen LogP contribution in [0.2, 0.25) is 0 Å². The van der Waals surface area contributed by atoms with E-state index in [2.05, 4.69) is 29.1 Å². The second kappa shape index (κ2) is 8.26. The minimum absolute atomic E-state index is 0.221. The maximum absolute atomic E-state index is 13.2. The second-order valence-electron chi connectivity index (χ2n) is 7.96. The van der Waals surface area contributed by atoms with Crippen LogP contribution in [0.5, 0.6) is 0 Å². The molecule has 0 aliphatic rings. The Hall–Kier alpha value is -3.84. The zero-order valence-electron chi connectivity index (χ0n) is 18.4. The predicted octanol–water partition coefficient (Wildman–Crippen LogP) is 6.34. The Balaban J connectivity index is 1.44. The minimum Gasteiger partial charge on any atom is -0.295 e. The van der Waals surface area contributed by atoms with E-state index in [-0.39, 0.29) is 11.4 Å².